The molecule has 1 heterocycles. The quantitative estimate of drug-likeness (QED) is 0.871. The summed E-state index contributed by atoms with van der Waals surface area (Å²) < 4.78 is 5.58. The number of hydrogen-bond acceptors (Lipinski definition) is 3. The highest BCUT2D eigenvalue weighted by molar-refractivity contribution is 5.25. The zero-order valence-corrected chi connectivity index (χ0v) is 13.9. The maximum Gasteiger partial charge on any atom is 0.0619 e. The first-order valence-electron chi connectivity index (χ1n) is 8.27. The van der Waals surface area contributed by atoms with Crippen molar-refractivity contribution in [1.82, 2.24) is 10.2 Å². The third-order valence-electron chi connectivity index (χ3n) is 4.48. The van der Waals surface area contributed by atoms with Crippen LogP contribution >= 0.6 is 0 Å². The fraction of sp³-hybridized carbons (Fsp3) is 0.667. The Bertz CT molecular complexity index is 418. The second kappa shape index (κ2) is 7.92. The molecule has 21 heavy (non-hydrogen) atoms. The maximum absolute atomic E-state index is 5.58. The van der Waals surface area contributed by atoms with Gasteiger partial charge in [0.05, 0.1) is 13.2 Å². The molecule has 1 fully saturated rings. The van der Waals surface area contributed by atoms with Gasteiger partial charge in [-0.3, -0.25) is 4.90 Å². The molecule has 2 rings (SSSR count). The predicted octanol–water partition coefficient (Wildman–Crippen LogP) is 3.14. The molecule has 0 aromatic heterocycles. The number of aryl methyl sites for hydroxylation is 1. The Morgan fingerprint density at radius 3 is 2.67 bits per heavy atom. The van der Waals surface area contributed by atoms with Crippen LogP contribution in [0.4, 0.5) is 0 Å². The van der Waals surface area contributed by atoms with Crippen molar-refractivity contribution >= 4 is 0 Å². The zero-order chi connectivity index (χ0) is 15.2. The smallest absolute Gasteiger partial charge is 0.0619 e. The van der Waals surface area contributed by atoms with Crippen molar-refractivity contribution in [1.29, 1.82) is 0 Å². The van der Waals surface area contributed by atoms with Crippen LogP contribution in [0.3, 0.4) is 0 Å². The second-order valence-corrected chi connectivity index (χ2v) is 6.24. The van der Waals surface area contributed by atoms with E-state index in [1.54, 1.807) is 0 Å². The Labute approximate surface area is 129 Å². The van der Waals surface area contributed by atoms with Crippen molar-refractivity contribution < 1.29 is 4.74 Å². The molecule has 0 aliphatic carbocycles. The molecule has 0 radical (unpaired) electrons. The minimum atomic E-state index is 0.381. The van der Waals surface area contributed by atoms with Gasteiger partial charge in [0.1, 0.15) is 0 Å². The summed E-state index contributed by atoms with van der Waals surface area (Å²) in [4.78, 5) is 2.58. The van der Waals surface area contributed by atoms with E-state index in [2.05, 4.69) is 62.2 Å². The molecule has 0 saturated carbocycles. The van der Waals surface area contributed by atoms with Crippen molar-refractivity contribution in [2.24, 2.45) is 0 Å². The van der Waals surface area contributed by atoms with Crippen LogP contribution in [-0.4, -0.2) is 43.3 Å². The molecule has 3 unspecified atom stereocenters. The molecule has 0 bridgehead atoms. The normalized spacial score (nSPS) is 23.0. The average molecular weight is 290 g/mol. The number of nitrogens with one attached hydrogen (secondary N) is 1. The third-order valence-corrected chi connectivity index (χ3v) is 4.48. The van der Waals surface area contributed by atoms with Gasteiger partial charge in [0.25, 0.3) is 0 Å². The zero-order valence-electron chi connectivity index (χ0n) is 13.9. The monoisotopic (exact) mass is 290 g/mol. The highest BCUT2D eigenvalue weighted by Gasteiger charge is 2.29. The first-order chi connectivity index (χ1) is 10.1. The van der Waals surface area contributed by atoms with Crippen molar-refractivity contribution in [2.75, 3.05) is 26.3 Å². The van der Waals surface area contributed by atoms with Gasteiger partial charge in [0.2, 0.25) is 0 Å². The highest BCUT2D eigenvalue weighted by Crippen LogP contribution is 2.24. The second-order valence-electron chi connectivity index (χ2n) is 6.24. The van der Waals surface area contributed by atoms with Gasteiger partial charge in [-0.1, -0.05) is 36.8 Å². The third kappa shape index (κ3) is 4.29. The average Bonchev–Trinajstić information content (AvgIpc) is 2.49. The van der Waals surface area contributed by atoms with Crippen molar-refractivity contribution in [3.63, 3.8) is 0 Å². The Hall–Kier alpha value is -0.900. The van der Waals surface area contributed by atoms with E-state index in [4.69, 9.17) is 4.74 Å². The first kappa shape index (κ1) is 16.5. The molecule has 1 saturated heterocycles. The van der Waals surface area contributed by atoms with Crippen LogP contribution in [-0.2, 0) is 4.74 Å². The van der Waals surface area contributed by atoms with E-state index in [9.17, 15) is 0 Å². The molecule has 3 atom stereocenters. The van der Waals surface area contributed by atoms with E-state index in [0.29, 0.717) is 18.1 Å². The van der Waals surface area contributed by atoms with Gasteiger partial charge in [-0.2, -0.15) is 0 Å². The molecule has 0 spiro atoms. The number of rotatable bonds is 6. The van der Waals surface area contributed by atoms with Gasteiger partial charge < -0.3 is 10.1 Å². The molecule has 118 valence electrons. The fourth-order valence-electron chi connectivity index (χ4n) is 3.18. The van der Waals surface area contributed by atoms with Crippen molar-refractivity contribution in [3.8, 4) is 0 Å². The van der Waals surface area contributed by atoms with Crippen LogP contribution in [0.25, 0.3) is 0 Å². The summed E-state index contributed by atoms with van der Waals surface area (Å²) in [6, 6.07) is 10.3. The van der Waals surface area contributed by atoms with E-state index in [0.717, 1.165) is 32.7 Å². The van der Waals surface area contributed by atoms with Crippen LogP contribution in [0, 0.1) is 6.92 Å². The van der Waals surface area contributed by atoms with Gasteiger partial charge in [0.15, 0.2) is 0 Å². The van der Waals surface area contributed by atoms with E-state index in [1.807, 2.05) is 0 Å². The molecule has 1 aromatic rings. The molecule has 1 aromatic carbocycles. The summed E-state index contributed by atoms with van der Waals surface area (Å²) >= 11 is 0. The summed E-state index contributed by atoms with van der Waals surface area (Å²) in [5, 5.41) is 3.74. The van der Waals surface area contributed by atoms with Crippen molar-refractivity contribution in [3.05, 3.63) is 35.4 Å². The van der Waals surface area contributed by atoms with Crippen LogP contribution in [0.5, 0.6) is 0 Å². The van der Waals surface area contributed by atoms with Gasteiger partial charge in [-0.05, 0) is 39.3 Å². The van der Waals surface area contributed by atoms with Crippen LogP contribution in [0.1, 0.15) is 44.4 Å². The number of hydrogen-bond donors (Lipinski definition) is 1. The van der Waals surface area contributed by atoms with Crippen molar-refractivity contribution in [2.45, 2.75) is 52.2 Å². The Kier molecular flexibility index (Phi) is 6.22. The minimum Gasteiger partial charge on any atom is -0.379 e. The van der Waals surface area contributed by atoms with Gasteiger partial charge in [-0.15, -0.1) is 0 Å². The van der Waals surface area contributed by atoms with E-state index in [-0.39, 0.29) is 0 Å². The number of nitrogens with zero attached hydrogens (tertiary/aromatic N) is 1. The topological polar surface area (TPSA) is 24.5 Å². The van der Waals surface area contributed by atoms with E-state index in [1.165, 1.54) is 11.1 Å². The number of morpholine rings is 1. The van der Waals surface area contributed by atoms with Gasteiger partial charge in [-0.25, -0.2) is 0 Å². The molecular formula is C18H30N2O. The van der Waals surface area contributed by atoms with Gasteiger partial charge >= 0.3 is 0 Å². The summed E-state index contributed by atoms with van der Waals surface area (Å²) in [5.74, 6) is 0. The Morgan fingerprint density at radius 2 is 2.05 bits per heavy atom. The molecule has 1 N–H and O–H groups in total. The standard InChI is InChI=1S/C18H30N2O/c1-5-10-19-18(17-8-6-14(2)7-9-17)16(4)20-11-12-21-13-15(20)3/h6-9,15-16,18-19H,5,10-13H2,1-4H3. The largest absolute Gasteiger partial charge is 0.379 e. The number of ether oxygens (including phenoxy) is 1. The lowest BCUT2D eigenvalue weighted by atomic mass is 9.96. The minimum absolute atomic E-state index is 0.381. The molecule has 3 heteroatoms. The predicted molar refractivity (Wildman–Crippen MR) is 88.7 cm³/mol. The fourth-order valence-corrected chi connectivity index (χ4v) is 3.18. The van der Waals surface area contributed by atoms with E-state index < -0.39 is 0 Å². The lowest BCUT2D eigenvalue weighted by Crippen LogP contribution is -2.52. The number of benzene rings is 1. The summed E-state index contributed by atoms with van der Waals surface area (Å²) in [5.41, 5.74) is 2.71. The lowest BCUT2D eigenvalue weighted by molar-refractivity contribution is -0.0259. The Morgan fingerprint density at radius 1 is 1.33 bits per heavy atom. The summed E-state index contributed by atoms with van der Waals surface area (Å²) in [7, 11) is 0. The van der Waals surface area contributed by atoms with Gasteiger partial charge in [0, 0.05) is 24.7 Å². The maximum atomic E-state index is 5.58. The van der Waals surface area contributed by atoms with Crippen LogP contribution in [0.15, 0.2) is 24.3 Å². The molecule has 1 aliphatic heterocycles. The summed E-state index contributed by atoms with van der Waals surface area (Å²) in [6.07, 6.45) is 1.16. The SMILES string of the molecule is CCCNC(c1ccc(C)cc1)C(C)N1CCOCC1C. The Balaban J connectivity index is 2.15. The summed E-state index contributed by atoms with van der Waals surface area (Å²) in [6.45, 7) is 12.8. The van der Waals surface area contributed by atoms with E-state index >= 15 is 0 Å². The molecule has 1 aliphatic rings. The highest BCUT2D eigenvalue weighted by atomic mass is 16.5. The van der Waals surface area contributed by atoms with Crippen LogP contribution < -0.4 is 5.32 Å². The molecule has 0 amide bonds. The molecular weight excluding hydrogens is 260 g/mol. The first-order valence-corrected chi connectivity index (χ1v) is 8.27. The lowest BCUT2D eigenvalue weighted by Gasteiger charge is -2.41. The molecule has 3 nitrogen and oxygen atoms in total. The van der Waals surface area contributed by atoms with Crippen LogP contribution in [0.2, 0.25) is 0 Å².